The second-order valence-corrected chi connectivity index (χ2v) is 5.50. The van der Waals surface area contributed by atoms with E-state index in [1.165, 1.54) is 5.56 Å². The van der Waals surface area contributed by atoms with Gasteiger partial charge in [0.1, 0.15) is 5.75 Å². The molecule has 0 unspecified atom stereocenters. The molecule has 1 aliphatic rings. The molecule has 0 radical (unpaired) electrons. The van der Waals surface area contributed by atoms with Gasteiger partial charge in [-0.1, -0.05) is 17.7 Å². The van der Waals surface area contributed by atoms with Crippen molar-refractivity contribution in [2.24, 2.45) is 0 Å². The van der Waals surface area contributed by atoms with Crippen LogP contribution < -0.4 is 10.1 Å². The van der Waals surface area contributed by atoms with Crippen LogP contribution in [0.5, 0.6) is 5.75 Å². The summed E-state index contributed by atoms with van der Waals surface area (Å²) in [6.45, 7) is 5.83. The first kappa shape index (κ1) is 14.9. The number of likely N-dealkylation sites (tertiary alicyclic amines) is 1. The maximum Gasteiger partial charge on any atom is 0.260 e. The standard InChI is InChI=1S/C16H24N2O2/c1-12-4-5-15(13(2)10-12)20-11-16(19)18-8-6-14(17-3)7-9-18/h4-5,10,14,17H,6-9,11H2,1-3H3. The van der Waals surface area contributed by atoms with E-state index in [2.05, 4.69) is 11.4 Å². The number of aryl methyl sites for hydroxylation is 2. The average molecular weight is 276 g/mol. The SMILES string of the molecule is CNC1CCN(C(=O)COc2ccc(C)cc2C)CC1. The zero-order chi connectivity index (χ0) is 14.5. The molecule has 0 aromatic heterocycles. The molecule has 0 saturated carbocycles. The number of ether oxygens (including phenoxy) is 1. The van der Waals surface area contributed by atoms with Crippen molar-refractivity contribution in [2.75, 3.05) is 26.7 Å². The number of carbonyl (C=O) groups is 1. The highest BCUT2D eigenvalue weighted by atomic mass is 16.5. The monoisotopic (exact) mass is 276 g/mol. The fourth-order valence-electron chi connectivity index (χ4n) is 2.61. The molecule has 1 amide bonds. The van der Waals surface area contributed by atoms with Crippen LogP contribution in [0.2, 0.25) is 0 Å². The number of benzene rings is 1. The summed E-state index contributed by atoms with van der Waals surface area (Å²) in [6, 6.07) is 6.55. The summed E-state index contributed by atoms with van der Waals surface area (Å²) in [6.07, 6.45) is 2.04. The van der Waals surface area contributed by atoms with Gasteiger partial charge in [0.15, 0.2) is 6.61 Å². The van der Waals surface area contributed by atoms with Gasteiger partial charge in [0.25, 0.3) is 5.91 Å². The lowest BCUT2D eigenvalue weighted by Crippen LogP contribution is -2.45. The minimum absolute atomic E-state index is 0.0829. The molecule has 1 fully saturated rings. The highest BCUT2D eigenvalue weighted by Crippen LogP contribution is 2.19. The van der Waals surface area contributed by atoms with E-state index in [9.17, 15) is 4.79 Å². The molecular formula is C16H24N2O2. The van der Waals surface area contributed by atoms with Crippen molar-refractivity contribution < 1.29 is 9.53 Å². The summed E-state index contributed by atoms with van der Waals surface area (Å²) >= 11 is 0. The average Bonchev–Trinajstić information content (AvgIpc) is 2.46. The smallest absolute Gasteiger partial charge is 0.260 e. The van der Waals surface area contributed by atoms with Crippen LogP contribution in [0.15, 0.2) is 18.2 Å². The molecule has 1 aliphatic heterocycles. The maximum atomic E-state index is 12.1. The molecule has 1 aromatic carbocycles. The van der Waals surface area contributed by atoms with Crippen molar-refractivity contribution in [1.29, 1.82) is 0 Å². The first-order chi connectivity index (χ1) is 9.60. The maximum absolute atomic E-state index is 12.1. The Morgan fingerprint density at radius 1 is 1.35 bits per heavy atom. The largest absolute Gasteiger partial charge is 0.484 e. The molecule has 1 aromatic rings. The fraction of sp³-hybridized carbons (Fsp3) is 0.562. The Hall–Kier alpha value is -1.55. The second kappa shape index (κ2) is 6.75. The van der Waals surface area contributed by atoms with E-state index < -0.39 is 0 Å². The minimum atomic E-state index is 0.0829. The van der Waals surface area contributed by atoms with Crippen molar-refractivity contribution in [3.63, 3.8) is 0 Å². The zero-order valence-electron chi connectivity index (χ0n) is 12.6. The summed E-state index contributed by atoms with van der Waals surface area (Å²) in [5, 5.41) is 3.26. The van der Waals surface area contributed by atoms with Gasteiger partial charge >= 0.3 is 0 Å². The highest BCUT2D eigenvalue weighted by Gasteiger charge is 2.21. The van der Waals surface area contributed by atoms with Gasteiger partial charge < -0.3 is 15.0 Å². The lowest BCUT2D eigenvalue weighted by molar-refractivity contribution is -0.134. The predicted molar refractivity (Wildman–Crippen MR) is 80.1 cm³/mol. The number of piperidine rings is 1. The van der Waals surface area contributed by atoms with Crippen molar-refractivity contribution in [2.45, 2.75) is 32.7 Å². The number of rotatable bonds is 4. The van der Waals surface area contributed by atoms with Gasteiger partial charge in [-0.2, -0.15) is 0 Å². The zero-order valence-corrected chi connectivity index (χ0v) is 12.6. The lowest BCUT2D eigenvalue weighted by Gasteiger charge is -2.31. The fourth-order valence-corrected chi connectivity index (χ4v) is 2.61. The molecule has 0 atom stereocenters. The van der Waals surface area contributed by atoms with Gasteiger partial charge in [0.2, 0.25) is 0 Å². The molecule has 0 bridgehead atoms. The number of nitrogens with one attached hydrogen (secondary N) is 1. The lowest BCUT2D eigenvalue weighted by atomic mass is 10.1. The normalized spacial score (nSPS) is 16.2. The Kier molecular flexibility index (Phi) is 5.01. The van der Waals surface area contributed by atoms with Crippen molar-refractivity contribution >= 4 is 5.91 Å². The van der Waals surface area contributed by atoms with E-state index >= 15 is 0 Å². The Balaban J connectivity index is 1.83. The summed E-state index contributed by atoms with van der Waals surface area (Å²) < 4.78 is 5.65. The third-order valence-electron chi connectivity index (χ3n) is 3.94. The Labute approximate surface area is 121 Å². The number of hydrogen-bond donors (Lipinski definition) is 1. The van der Waals surface area contributed by atoms with E-state index in [-0.39, 0.29) is 12.5 Å². The summed E-state index contributed by atoms with van der Waals surface area (Å²) in [5.74, 6) is 0.883. The van der Waals surface area contributed by atoms with Crippen molar-refractivity contribution in [3.05, 3.63) is 29.3 Å². The van der Waals surface area contributed by atoms with E-state index in [0.717, 1.165) is 37.2 Å². The van der Waals surface area contributed by atoms with Gasteiger partial charge in [0.05, 0.1) is 0 Å². The molecule has 4 nitrogen and oxygen atoms in total. The van der Waals surface area contributed by atoms with Crippen LogP contribution in [-0.4, -0.2) is 43.6 Å². The molecule has 0 aliphatic carbocycles. The van der Waals surface area contributed by atoms with Crippen LogP contribution in [0.25, 0.3) is 0 Å². The number of amides is 1. The summed E-state index contributed by atoms with van der Waals surface area (Å²) in [5.41, 5.74) is 2.28. The van der Waals surface area contributed by atoms with Gasteiger partial charge in [0, 0.05) is 19.1 Å². The van der Waals surface area contributed by atoms with Crippen molar-refractivity contribution in [3.8, 4) is 5.75 Å². The van der Waals surface area contributed by atoms with Crippen LogP contribution in [0.3, 0.4) is 0 Å². The first-order valence-corrected chi connectivity index (χ1v) is 7.25. The van der Waals surface area contributed by atoms with E-state index in [1.807, 2.05) is 37.9 Å². The quantitative estimate of drug-likeness (QED) is 0.913. The Bertz CT molecular complexity index is 466. The van der Waals surface area contributed by atoms with Gasteiger partial charge in [-0.15, -0.1) is 0 Å². The van der Waals surface area contributed by atoms with Crippen LogP contribution in [0, 0.1) is 13.8 Å². The minimum Gasteiger partial charge on any atom is -0.484 e. The van der Waals surface area contributed by atoms with E-state index in [4.69, 9.17) is 4.74 Å². The highest BCUT2D eigenvalue weighted by molar-refractivity contribution is 5.77. The number of nitrogens with zero attached hydrogens (tertiary/aromatic N) is 1. The van der Waals surface area contributed by atoms with Gasteiger partial charge in [-0.25, -0.2) is 0 Å². The van der Waals surface area contributed by atoms with E-state index in [0.29, 0.717) is 6.04 Å². The van der Waals surface area contributed by atoms with Gasteiger partial charge in [-0.05, 0) is 45.4 Å². The third kappa shape index (κ3) is 3.73. The van der Waals surface area contributed by atoms with Crippen LogP contribution >= 0.6 is 0 Å². The topological polar surface area (TPSA) is 41.6 Å². The van der Waals surface area contributed by atoms with Crippen LogP contribution in [-0.2, 0) is 4.79 Å². The summed E-state index contributed by atoms with van der Waals surface area (Å²) in [7, 11) is 1.98. The van der Waals surface area contributed by atoms with Crippen molar-refractivity contribution in [1.82, 2.24) is 10.2 Å². The molecular weight excluding hydrogens is 252 g/mol. The Morgan fingerprint density at radius 2 is 2.05 bits per heavy atom. The van der Waals surface area contributed by atoms with Crippen LogP contribution in [0.1, 0.15) is 24.0 Å². The number of hydrogen-bond acceptors (Lipinski definition) is 3. The molecule has 20 heavy (non-hydrogen) atoms. The van der Waals surface area contributed by atoms with E-state index in [1.54, 1.807) is 0 Å². The molecule has 0 spiro atoms. The third-order valence-corrected chi connectivity index (χ3v) is 3.94. The molecule has 1 saturated heterocycles. The van der Waals surface area contributed by atoms with Crippen LogP contribution in [0.4, 0.5) is 0 Å². The molecule has 4 heteroatoms. The molecule has 1 N–H and O–H groups in total. The number of carbonyl (C=O) groups excluding carboxylic acids is 1. The second-order valence-electron chi connectivity index (χ2n) is 5.50. The molecule has 1 heterocycles. The first-order valence-electron chi connectivity index (χ1n) is 7.25. The predicted octanol–water partition coefficient (Wildman–Crippen LogP) is 1.89. The molecule has 110 valence electrons. The Morgan fingerprint density at radius 3 is 2.65 bits per heavy atom. The molecule has 2 rings (SSSR count). The summed E-state index contributed by atoms with van der Waals surface area (Å²) in [4.78, 5) is 14.0. The van der Waals surface area contributed by atoms with Gasteiger partial charge in [-0.3, -0.25) is 4.79 Å².